The van der Waals surface area contributed by atoms with Gasteiger partial charge in [-0.2, -0.15) is 13.2 Å². The lowest BCUT2D eigenvalue weighted by Gasteiger charge is -2.33. The summed E-state index contributed by atoms with van der Waals surface area (Å²) in [7, 11) is 1.47. The normalized spacial score (nSPS) is 13.6. The van der Waals surface area contributed by atoms with Crippen molar-refractivity contribution in [3.63, 3.8) is 0 Å². The van der Waals surface area contributed by atoms with Gasteiger partial charge < -0.3 is 14.7 Å². The third kappa shape index (κ3) is 5.66. The number of carbonyl (C=O) groups is 1. The SMILES string of the molecule is CCCN(C(=O)Cc1ccc(C(F)(F)F)cn1)C(C)C(O)c1cnccc1OC. The van der Waals surface area contributed by atoms with Crippen LogP contribution in [0.4, 0.5) is 13.2 Å². The molecule has 2 atom stereocenters. The Morgan fingerprint density at radius 2 is 2.00 bits per heavy atom. The molecule has 2 aromatic rings. The third-order valence-corrected chi connectivity index (χ3v) is 4.57. The average molecular weight is 411 g/mol. The number of pyridine rings is 2. The first-order chi connectivity index (χ1) is 13.7. The van der Waals surface area contributed by atoms with E-state index < -0.39 is 23.9 Å². The number of methoxy groups -OCH3 is 1. The zero-order valence-corrected chi connectivity index (χ0v) is 16.5. The summed E-state index contributed by atoms with van der Waals surface area (Å²) in [5.74, 6) is 0.112. The highest BCUT2D eigenvalue weighted by Crippen LogP contribution is 2.30. The summed E-state index contributed by atoms with van der Waals surface area (Å²) >= 11 is 0. The molecule has 2 rings (SSSR count). The Morgan fingerprint density at radius 1 is 1.28 bits per heavy atom. The van der Waals surface area contributed by atoms with E-state index in [0.29, 0.717) is 30.5 Å². The zero-order valence-electron chi connectivity index (χ0n) is 16.5. The first kappa shape index (κ1) is 22.6. The van der Waals surface area contributed by atoms with Crippen LogP contribution in [0.1, 0.15) is 43.2 Å². The van der Waals surface area contributed by atoms with Crippen LogP contribution in [0.2, 0.25) is 0 Å². The molecule has 158 valence electrons. The minimum atomic E-state index is -4.48. The van der Waals surface area contributed by atoms with Gasteiger partial charge >= 0.3 is 6.18 Å². The molecule has 1 N–H and O–H groups in total. The van der Waals surface area contributed by atoms with Crippen molar-refractivity contribution in [2.24, 2.45) is 0 Å². The van der Waals surface area contributed by atoms with Crippen molar-refractivity contribution in [3.05, 3.63) is 53.6 Å². The van der Waals surface area contributed by atoms with Gasteiger partial charge in [0, 0.05) is 36.4 Å². The maximum atomic E-state index is 12.8. The van der Waals surface area contributed by atoms with Crippen molar-refractivity contribution in [1.82, 2.24) is 14.9 Å². The highest BCUT2D eigenvalue weighted by atomic mass is 19.4. The minimum Gasteiger partial charge on any atom is -0.496 e. The summed E-state index contributed by atoms with van der Waals surface area (Å²) in [6.07, 6.45) is -1.32. The quantitative estimate of drug-likeness (QED) is 0.721. The molecule has 1 amide bonds. The van der Waals surface area contributed by atoms with Crippen molar-refractivity contribution < 1.29 is 27.8 Å². The van der Waals surface area contributed by atoms with Gasteiger partial charge in [0.1, 0.15) is 11.9 Å². The van der Waals surface area contributed by atoms with Gasteiger partial charge in [0.15, 0.2) is 0 Å². The molecule has 0 bridgehead atoms. The third-order valence-electron chi connectivity index (χ3n) is 4.57. The fraction of sp³-hybridized carbons (Fsp3) is 0.450. The smallest absolute Gasteiger partial charge is 0.417 e. The highest BCUT2D eigenvalue weighted by molar-refractivity contribution is 5.78. The Balaban J connectivity index is 2.17. The van der Waals surface area contributed by atoms with Crippen LogP contribution in [0.5, 0.6) is 5.75 Å². The first-order valence-corrected chi connectivity index (χ1v) is 9.16. The van der Waals surface area contributed by atoms with E-state index >= 15 is 0 Å². The van der Waals surface area contributed by atoms with Crippen molar-refractivity contribution in [1.29, 1.82) is 0 Å². The molecular weight excluding hydrogens is 387 g/mol. The van der Waals surface area contributed by atoms with E-state index in [9.17, 15) is 23.1 Å². The Hall–Kier alpha value is -2.68. The van der Waals surface area contributed by atoms with Gasteiger partial charge in [0.2, 0.25) is 5.91 Å². The average Bonchev–Trinajstić information content (AvgIpc) is 2.70. The number of amides is 1. The molecule has 2 unspecified atom stereocenters. The van der Waals surface area contributed by atoms with Crippen LogP contribution < -0.4 is 4.74 Å². The number of aliphatic hydroxyl groups excluding tert-OH is 1. The van der Waals surface area contributed by atoms with Crippen LogP contribution in [0, 0.1) is 0 Å². The van der Waals surface area contributed by atoms with Crippen molar-refractivity contribution in [2.45, 2.75) is 45.0 Å². The molecule has 0 spiro atoms. The number of nitrogens with zero attached hydrogens (tertiary/aromatic N) is 3. The molecule has 0 fully saturated rings. The van der Waals surface area contributed by atoms with Crippen molar-refractivity contribution in [2.75, 3.05) is 13.7 Å². The molecule has 0 saturated heterocycles. The molecule has 0 aliphatic carbocycles. The molecule has 29 heavy (non-hydrogen) atoms. The van der Waals surface area contributed by atoms with E-state index in [2.05, 4.69) is 9.97 Å². The highest BCUT2D eigenvalue weighted by Gasteiger charge is 2.31. The number of rotatable bonds is 8. The summed E-state index contributed by atoms with van der Waals surface area (Å²) < 4.78 is 43.3. The first-order valence-electron chi connectivity index (χ1n) is 9.16. The van der Waals surface area contributed by atoms with E-state index in [1.54, 1.807) is 13.0 Å². The molecule has 6 nitrogen and oxygen atoms in total. The Labute approximate surface area is 167 Å². The lowest BCUT2D eigenvalue weighted by Crippen LogP contribution is -2.43. The second kappa shape index (κ2) is 9.69. The topological polar surface area (TPSA) is 75.6 Å². The number of carbonyl (C=O) groups excluding carboxylic acids is 1. The summed E-state index contributed by atoms with van der Waals surface area (Å²) in [6.45, 7) is 3.96. The van der Waals surface area contributed by atoms with E-state index in [4.69, 9.17) is 4.74 Å². The summed E-state index contributed by atoms with van der Waals surface area (Å²) in [6, 6.07) is 3.10. The number of aliphatic hydroxyl groups is 1. The Bertz CT molecular complexity index is 813. The van der Waals surface area contributed by atoms with Crippen LogP contribution in [-0.2, 0) is 17.4 Å². The van der Waals surface area contributed by atoms with Gasteiger partial charge in [-0.1, -0.05) is 6.92 Å². The monoisotopic (exact) mass is 411 g/mol. The predicted octanol–water partition coefficient (Wildman–Crippen LogP) is 3.41. The van der Waals surface area contributed by atoms with Gasteiger partial charge in [-0.15, -0.1) is 0 Å². The van der Waals surface area contributed by atoms with Crippen molar-refractivity contribution >= 4 is 5.91 Å². The summed E-state index contributed by atoms with van der Waals surface area (Å²) in [5, 5.41) is 10.8. The number of aromatic nitrogens is 2. The predicted molar refractivity (Wildman–Crippen MR) is 100 cm³/mol. The fourth-order valence-corrected chi connectivity index (χ4v) is 2.98. The van der Waals surface area contributed by atoms with Gasteiger partial charge in [0.25, 0.3) is 0 Å². The second-order valence-corrected chi connectivity index (χ2v) is 6.60. The van der Waals surface area contributed by atoms with E-state index in [-0.39, 0.29) is 18.0 Å². The lowest BCUT2D eigenvalue weighted by molar-refractivity contribution is -0.137. The van der Waals surface area contributed by atoms with E-state index in [1.807, 2.05) is 6.92 Å². The molecular formula is C20H24F3N3O3. The lowest BCUT2D eigenvalue weighted by atomic mass is 10.0. The molecule has 0 saturated carbocycles. The fourth-order valence-electron chi connectivity index (χ4n) is 2.98. The molecule has 0 radical (unpaired) electrons. The van der Waals surface area contributed by atoms with Crippen LogP contribution in [0.25, 0.3) is 0 Å². The van der Waals surface area contributed by atoms with Crippen molar-refractivity contribution in [3.8, 4) is 5.75 Å². The van der Waals surface area contributed by atoms with Gasteiger partial charge in [0.05, 0.1) is 25.1 Å². The van der Waals surface area contributed by atoms with Crippen LogP contribution in [-0.4, -0.2) is 45.6 Å². The number of hydrogen-bond donors (Lipinski definition) is 1. The summed E-state index contributed by atoms with van der Waals surface area (Å²) in [5.41, 5.74) is -0.194. The Morgan fingerprint density at radius 3 is 2.55 bits per heavy atom. The van der Waals surface area contributed by atoms with E-state index in [1.165, 1.54) is 30.5 Å². The molecule has 9 heteroatoms. The van der Waals surface area contributed by atoms with Crippen LogP contribution in [0.3, 0.4) is 0 Å². The standard InChI is InChI=1S/C20H24F3N3O3/c1-4-9-26(13(2)19(28)16-12-24-8-7-17(16)29-3)18(27)10-15-6-5-14(11-25-15)20(21,22)23/h5-8,11-13,19,28H,4,9-10H2,1-3H3. The largest absolute Gasteiger partial charge is 0.496 e. The maximum Gasteiger partial charge on any atom is 0.417 e. The van der Waals surface area contributed by atoms with Gasteiger partial charge in [-0.25, -0.2) is 0 Å². The van der Waals surface area contributed by atoms with Gasteiger partial charge in [-0.3, -0.25) is 14.8 Å². The number of halogens is 3. The molecule has 2 aromatic heterocycles. The zero-order chi connectivity index (χ0) is 21.6. The maximum absolute atomic E-state index is 12.8. The van der Waals surface area contributed by atoms with Crippen LogP contribution >= 0.6 is 0 Å². The van der Waals surface area contributed by atoms with E-state index in [0.717, 1.165) is 6.07 Å². The summed E-state index contributed by atoms with van der Waals surface area (Å²) in [4.78, 5) is 22.1. The number of hydrogen-bond acceptors (Lipinski definition) is 5. The Kier molecular flexibility index (Phi) is 7.55. The molecule has 0 aromatic carbocycles. The second-order valence-electron chi connectivity index (χ2n) is 6.60. The van der Waals surface area contributed by atoms with Gasteiger partial charge in [-0.05, 0) is 31.5 Å². The minimum absolute atomic E-state index is 0.167. The van der Waals surface area contributed by atoms with Crippen LogP contribution in [0.15, 0.2) is 36.8 Å². The molecule has 0 aliphatic heterocycles. The number of ether oxygens (including phenoxy) is 1. The molecule has 2 heterocycles. The molecule has 0 aliphatic rings. The number of alkyl halides is 3.